The molecule has 0 aromatic heterocycles. The summed E-state index contributed by atoms with van der Waals surface area (Å²) in [7, 11) is 0. The van der Waals surface area contributed by atoms with Gasteiger partial charge in [0.15, 0.2) is 0 Å². The van der Waals surface area contributed by atoms with Crippen LogP contribution in [-0.4, -0.2) is 29.9 Å². The van der Waals surface area contributed by atoms with Crippen molar-refractivity contribution in [3.8, 4) is 6.07 Å². The molecular formula is C17H23N3O. The molecule has 4 heteroatoms. The maximum absolute atomic E-state index is 11.9. The fraction of sp³-hybridized carbons (Fsp3) is 0.529. The molecule has 1 heterocycles. The van der Waals surface area contributed by atoms with E-state index in [1.807, 2.05) is 6.07 Å². The number of anilines is 1. The van der Waals surface area contributed by atoms with E-state index in [1.54, 1.807) is 18.2 Å². The topological polar surface area (TPSA) is 56.1 Å². The second-order valence-electron chi connectivity index (χ2n) is 5.58. The summed E-state index contributed by atoms with van der Waals surface area (Å²) in [5.41, 5.74) is 1.27. The molecule has 1 saturated heterocycles. The van der Waals surface area contributed by atoms with Gasteiger partial charge in [0.05, 0.1) is 11.6 Å². The van der Waals surface area contributed by atoms with Crippen LogP contribution in [0, 0.1) is 11.3 Å². The van der Waals surface area contributed by atoms with Crippen LogP contribution in [0.2, 0.25) is 0 Å². The zero-order chi connectivity index (χ0) is 15.1. The highest BCUT2D eigenvalue weighted by Gasteiger charge is 2.22. The van der Waals surface area contributed by atoms with Crippen molar-refractivity contribution in [2.75, 3.05) is 18.4 Å². The third-order valence-corrected chi connectivity index (χ3v) is 4.09. The van der Waals surface area contributed by atoms with E-state index in [-0.39, 0.29) is 5.91 Å². The number of rotatable bonds is 6. The third kappa shape index (κ3) is 4.57. The molecule has 0 radical (unpaired) electrons. The van der Waals surface area contributed by atoms with Gasteiger partial charge in [-0.25, -0.2) is 0 Å². The first-order valence-corrected chi connectivity index (χ1v) is 7.77. The van der Waals surface area contributed by atoms with E-state index in [9.17, 15) is 4.79 Å². The van der Waals surface area contributed by atoms with E-state index in [2.05, 4.69) is 23.2 Å². The van der Waals surface area contributed by atoms with E-state index in [4.69, 9.17) is 5.26 Å². The lowest BCUT2D eigenvalue weighted by atomic mass is 10.1. The largest absolute Gasteiger partial charge is 0.326 e. The average Bonchev–Trinajstić information content (AvgIpc) is 2.95. The Kier molecular flexibility index (Phi) is 5.77. The summed E-state index contributed by atoms with van der Waals surface area (Å²) in [6.07, 6.45) is 5.20. The van der Waals surface area contributed by atoms with E-state index in [1.165, 1.54) is 25.8 Å². The summed E-state index contributed by atoms with van der Waals surface area (Å²) in [5.74, 6) is 0.0253. The minimum atomic E-state index is 0.0253. The van der Waals surface area contributed by atoms with E-state index >= 15 is 0 Å². The molecule has 21 heavy (non-hydrogen) atoms. The highest BCUT2D eigenvalue weighted by Crippen LogP contribution is 2.20. The summed E-state index contributed by atoms with van der Waals surface area (Å²) in [6, 6.07) is 9.81. The summed E-state index contributed by atoms with van der Waals surface area (Å²) in [5, 5.41) is 11.7. The van der Waals surface area contributed by atoms with Crippen molar-refractivity contribution in [3.63, 3.8) is 0 Å². The molecule has 1 aliphatic rings. The lowest BCUT2D eigenvalue weighted by Gasteiger charge is -2.22. The second kappa shape index (κ2) is 7.80. The molecular weight excluding hydrogens is 262 g/mol. The van der Waals surface area contributed by atoms with Gasteiger partial charge in [-0.3, -0.25) is 4.79 Å². The van der Waals surface area contributed by atoms with Crippen LogP contribution in [-0.2, 0) is 4.79 Å². The Morgan fingerprint density at radius 2 is 2.38 bits per heavy atom. The van der Waals surface area contributed by atoms with Crippen LogP contribution in [0.1, 0.15) is 44.6 Å². The number of carbonyl (C=O) groups is 1. The Bertz CT molecular complexity index is 521. The summed E-state index contributed by atoms with van der Waals surface area (Å²) in [6.45, 7) is 4.41. The van der Waals surface area contributed by atoms with Gasteiger partial charge in [-0.2, -0.15) is 5.26 Å². The lowest BCUT2D eigenvalue weighted by Crippen LogP contribution is -2.30. The van der Waals surface area contributed by atoms with Crippen LogP contribution in [0.5, 0.6) is 0 Å². The summed E-state index contributed by atoms with van der Waals surface area (Å²) >= 11 is 0. The molecule has 1 unspecified atom stereocenters. The van der Waals surface area contributed by atoms with Gasteiger partial charge in [0, 0.05) is 18.2 Å². The number of hydrogen-bond donors (Lipinski definition) is 1. The van der Waals surface area contributed by atoms with Gasteiger partial charge in [0.2, 0.25) is 5.91 Å². The first-order chi connectivity index (χ1) is 10.2. The number of nitrogens with one attached hydrogen (secondary N) is 1. The van der Waals surface area contributed by atoms with Gasteiger partial charge in [0.25, 0.3) is 0 Å². The fourth-order valence-corrected chi connectivity index (χ4v) is 2.98. The number of amides is 1. The Morgan fingerprint density at radius 3 is 3.14 bits per heavy atom. The van der Waals surface area contributed by atoms with Gasteiger partial charge in [0.1, 0.15) is 0 Å². The molecule has 1 aromatic rings. The summed E-state index contributed by atoms with van der Waals surface area (Å²) in [4.78, 5) is 14.4. The van der Waals surface area contributed by atoms with Crippen LogP contribution in [0.4, 0.5) is 5.69 Å². The highest BCUT2D eigenvalue weighted by molar-refractivity contribution is 5.90. The third-order valence-electron chi connectivity index (χ3n) is 4.09. The Balaban J connectivity index is 1.73. The van der Waals surface area contributed by atoms with Gasteiger partial charge in [-0.1, -0.05) is 13.0 Å². The number of nitriles is 1. The van der Waals surface area contributed by atoms with Crippen LogP contribution in [0.15, 0.2) is 24.3 Å². The molecule has 0 bridgehead atoms. The molecule has 112 valence electrons. The zero-order valence-electron chi connectivity index (χ0n) is 12.6. The molecule has 2 rings (SSSR count). The van der Waals surface area contributed by atoms with Gasteiger partial charge in [-0.15, -0.1) is 0 Å². The predicted molar refractivity (Wildman–Crippen MR) is 83.9 cm³/mol. The standard InChI is InChI=1S/C17H23N3O/c1-2-16-8-4-10-20(16)11-5-9-17(21)19-15-7-3-6-14(12-15)13-18/h3,6-7,12,16H,2,4-5,8-11H2,1H3,(H,19,21). The molecule has 0 spiro atoms. The van der Waals surface area contributed by atoms with Gasteiger partial charge >= 0.3 is 0 Å². The second-order valence-corrected chi connectivity index (χ2v) is 5.58. The first kappa shape index (κ1) is 15.5. The maximum atomic E-state index is 11.9. The number of benzene rings is 1. The lowest BCUT2D eigenvalue weighted by molar-refractivity contribution is -0.116. The minimum Gasteiger partial charge on any atom is -0.326 e. The van der Waals surface area contributed by atoms with Crippen molar-refractivity contribution in [1.29, 1.82) is 5.26 Å². The van der Waals surface area contributed by atoms with Crippen LogP contribution in [0.25, 0.3) is 0 Å². The molecule has 1 N–H and O–H groups in total. The Labute approximate surface area is 126 Å². The van der Waals surface area contributed by atoms with Crippen LogP contribution < -0.4 is 5.32 Å². The first-order valence-electron chi connectivity index (χ1n) is 7.77. The van der Waals surface area contributed by atoms with Crippen molar-refractivity contribution in [3.05, 3.63) is 29.8 Å². The van der Waals surface area contributed by atoms with Crippen molar-refractivity contribution < 1.29 is 4.79 Å². The van der Waals surface area contributed by atoms with Crippen molar-refractivity contribution in [1.82, 2.24) is 4.90 Å². The fourth-order valence-electron chi connectivity index (χ4n) is 2.98. The molecule has 1 aliphatic heterocycles. The molecule has 1 amide bonds. The molecule has 0 saturated carbocycles. The molecule has 1 fully saturated rings. The molecule has 4 nitrogen and oxygen atoms in total. The minimum absolute atomic E-state index is 0.0253. The highest BCUT2D eigenvalue weighted by atomic mass is 16.1. The predicted octanol–water partition coefficient (Wildman–Crippen LogP) is 3.15. The maximum Gasteiger partial charge on any atom is 0.224 e. The number of likely N-dealkylation sites (tertiary alicyclic amines) is 1. The van der Waals surface area contributed by atoms with Gasteiger partial charge in [-0.05, 0) is 57.0 Å². The van der Waals surface area contributed by atoms with Crippen molar-refractivity contribution in [2.45, 2.75) is 45.1 Å². The van der Waals surface area contributed by atoms with Crippen molar-refractivity contribution >= 4 is 11.6 Å². The molecule has 1 aromatic carbocycles. The normalized spacial score (nSPS) is 18.4. The van der Waals surface area contributed by atoms with E-state index in [0.29, 0.717) is 23.7 Å². The van der Waals surface area contributed by atoms with Gasteiger partial charge < -0.3 is 10.2 Å². The quantitative estimate of drug-likeness (QED) is 0.873. The number of nitrogens with zero attached hydrogens (tertiary/aromatic N) is 2. The monoisotopic (exact) mass is 285 g/mol. The van der Waals surface area contributed by atoms with E-state index in [0.717, 1.165) is 13.0 Å². The SMILES string of the molecule is CCC1CCCN1CCCC(=O)Nc1cccc(C#N)c1. The Hall–Kier alpha value is -1.86. The van der Waals surface area contributed by atoms with E-state index < -0.39 is 0 Å². The number of hydrogen-bond acceptors (Lipinski definition) is 3. The van der Waals surface area contributed by atoms with Crippen LogP contribution >= 0.6 is 0 Å². The van der Waals surface area contributed by atoms with Crippen molar-refractivity contribution in [2.24, 2.45) is 0 Å². The van der Waals surface area contributed by atoms with Crippen LogP contribution in [0.3, 0.4) is 0 Å². The number of carbonyl (C=O) groups excluding carboxylic acids is 1. The Morgan fingerprint density at radius 1 is 1.52 bits per heavy atom. The summed E-state index contributed by atoms with van der Waals surface area (Å²) < 4.78 is 0. The zero-order valence-corrected chi connectivity index (χ0v) is 12.6. The average molecular weight is 285 g/mol. The molecule has 0 aliphatic carbocycles. The molecule has 1 atom stereocenters. The smallest absolute Gasteiger partial charge is 0.224 e.